The Bertz CT molecular complexity index is 1590. The van der Waals surface area contributed by atoms with E-state index in [-0.39, 0.29) is 19.5 Å². The van der Waals surface area contributed by atoms with Crippen LogP contribution < -0.4 is 18.9 Å². The molecule has 0 atom stereocenters. The van der Waals surface area contributed by atoms with E-state index in [9.17, 15) is 26.2 Å². The Labute approximate surface area is 227 Å². The third kappa shape index (κ3) is 5.98. The number of aryl methyl sites for hydroxylation is 1. The van der Waals surface area contributed by atoms with Crippen molar-refractivity contribution in [1.29, 1.82) is 0 Å². The first kappa shape index (κ1) is 27.2. The van der Waals surface area contributed by atoms with Crippen molar-refractivity contribution in [3.63, 3.8) is 0 Å². The predicted molar refractivity (Wildman–Crippen MR) is 138 cm³/mol. The van der Waals surface area contributed by atoms with Gasteiger partial charge in [-0.3, -0.25) is 0 Å². The topological polar surface area (TPSA) is 162 Å². The number of hydrogen-bond donors (Lipinski definition) is 2. The molecule has 0 fully saturated rings. The van der Waals surface area contributed by atoms with Gasteiger partial charge >= 0.3 is 6.09 Å². The highest BCUT2D eigenvalue weighted by Gasteiger charge is 2.33. The highest BCUT2D eigenvalue weighted by atomic mass is 79.9. The number of ether oxygens (including phenoxy) is 1. The number of carbonyl (C=O) groups is 1. The van der Waals surface area contributed by atoms with Crippen LogP contribution in [0, 0.1) is 0 Å². The quantitative estimate of drug-likeness (QED) is 0.259. The molecule has 0 radical (unpaired) electrons. The second-order valence-electron chi connectivity index (χ2n) is 7.61. The molecular formula is C18H18BrClN4O8S4. The number of nitrogens with one attached hydrogen (secondary N) is 1. The Morgan fingerprint density at radius 3 is 2.69 bits per heavy atom. The summed E-state index contributed by atoms with van der Waals surface area (Å²) in [7, 11) is -6.71. The molecule has 0 aromatic carbocycles. The van der Waals surface area contributed by atoms with E-state index in [1.807, 2.05) is 0 Å². The van der Waals surface area contributed by atoms with E-state index >= 15 is 0 Å². The van der Waals surface area contributed by atoms with Gasteiger partial charge in [0.1, 0.15) is 20.5 Å². The second-order valence-corrected chi connectivity index (χ2v) is 14.5. The van der Waals surface area contributed by atoms with Crippen LogP contribution in [0.25, 0.3) is 15.6 Å². The smallest absolute Gasteiger partial charge is 0.418 e. The number of anilines is 1. The van der Waals surface area contributed by atoms with Crippen LogP contribution in [-0.2, 0) is 33.7 Å². The predicted octanol–water partition coefficient (Wildman–Crippen LogP) is 2.73. The number of thiophene rings is 1. The van der Waals surface area contributed by atoms with Crippen LogP contribution in [0.1, 0.15) is 11.4 Å². The Balaban J connectivity index is 1.71. The molecule has 0 unspecified atom stereocenters. The molecule has 1 amide bonds. The molecule has 0 spiro atoms. The van der Waals surface area contributed by atoms with Gasteiger partial charge in [-0.1, -0.05) is 34.3 Å². The van der Waals surface area contributed by atoms with Crippen molar-refractivity contribution in [2.75, 3.05) is 23.0 Å². The largest absolute Gasteiger partial charge is 0.748 e. The summed E-state index contributed by atoms with van der Waals surface area (Å²) < 4.78 is 70.6. The Hall–Kier alpha value is -1.89. The highest BCUT2D eigenvalue weighted by molar-refractivity contribution is 9.10. The zero-order valence-electron chi connectivity index (χ0n) is 18.3. The minimum atomic E-state index is -4.39. The fourth-order valence-electron chi connectivity index (χ4n) is 3.55. The number of nitrogens with zero attached hydrogens (tertiary/aromatic N) is 3. The van der Waals surface area contributed by atoms with Crippen molar-refractivity contribution in [3.8, 4) is 5.88 Å². The van der Waals surface area contributed by atoms with Gasteiger partial charge in [0.05, 0.1) is 20.8 Å². The highest BCUT2D eigenvalue weighted by Crippen LogP contribution is 2.43. The van der Waals surface area contributed by atoms with Gasteiger partial charge in [0.15, 0.2) is 6.54 Å². The van der Waals surface area contributed by atoms with Crippen LogP contribution in [0.5, 0.6) is 5.88 Å². The number of hydrogen-bond acceptors (Lipinski definition) is 10. The van der Waals surface area contributed by atoms with Crippen LogP contribution in [-0.4, -0.2) is 55.2 Å². The van der Waals surface area contributed by atoms with Gasteiger partial charge in [0.25, 0.3) is 9.84 Å². The van der Waals surface area contributed by atoms with E-state index in [0.29, 0.717) is 31.6 Å². The molecular weight excluding hydrogens is 644 g/mol. The fraction of sp³-hybridized carbons (Fsp3) is 0.333. The van der Waals surface area contributed by atoms with Crippen molar-refractivity contribution in [1.82, 2.24) is 9.29 Å². The standard InChI is InChI=1S/C18H18BrClN4O8S4/c1-22-12(19)7-10-16(22)32-14(23(10)3-2-5-36(29,30)31)9-15-24(4-6-35(27,28)21-18(25)26)17-11(33-15)8-13(20)34-17/h7-9,21H,2-6H2,1H3,(H-,25,26,29,30,31). The lowest BCUT2D eigenvalue weighted by Gasteiger charge is -2.18. The first-order valence-electron chi connectivity index (χ1n) is 10.0. The summed E-state index contributed by atoms with van der Waals surface area (Å²) in [5, 5.41) is 9.38. The van der Waals surface area contributed by atoms with Gasteiger partial charge in [0, 0.05) is 19.3 Å². The van der Waals surface area contributed by atoms with Crippen LogP contribution in [0.15, 0.2) is 22.6 Å². The van der Waals surface area contributed by atoms with Crippen molar-refractivity contribution >= 4 is 97.7 Å². The van der Waals surface area contributed by atoms with Gasteiger partial charge in [0.2, 0.25) is 21.8 Å². The molecule has 12 nitrogen and oxygen atoms in total. The SMILES string of the molecule is Cn1c(Br)cc2c1OC(=Cc1sc3cc(Cl)sc3[n+]1CCS(=O)(=O)NC(=O)O)N2CCCS(=O)(=O)[O-]. The number of amides is 1. The van der Waals surface area contributed by atoms with Crippen molar-refractivity contribution in [3.05, 3.63) is 32.0 Å². The van der Waals surface area contributed by atoms with Crippen LogP contribution in [0.2, 0.25) is 4.34 Å². The van der Waals surface area contributed by atoms with Crippen molar-refractivity contribution in [2.45, 2.75) is 13.0 Å². The molecule has 0 aliphatic carbocycles. The molecule has 2 N–H and O–H groups in total. The summed E-state index contributed by atoms with van der Waals surface area (Å²) in [6, 6.07) is 3.54. The molecule has 1 aliphatic heterocycles. The summed E-state index contributed by atoms with van der Waals surface area (Å²) in [5.74, 6) is -0.187. The zero-order chi connectivity index (χ0) is 26.4. The van der Waals surface area contributed by atoms with Crippen molar-refractivity contribution < 1.29 is 40.6 Å². The first-order chi connectivity index (χ1) is 16.7. The number of halogens is 2. The summed E-state index contributed by atoms with van der Waals surface area (Å²) in [4.78, 5) is 13.2. The van der Waals surface area contributed by atoms with Gasteiger partial charge < -0.3 is 23.9 Å². The molecule has 4 heterocycles. The first-order valence-corrected chi connectivity index (χ1v) is 16.1. The molecule has 196 valence electrons. The summed E-state index contributed by atoms with van der Waals surface area (Å²) >= 11 is 12.1. The van der Waals surface area contributed by atoms with Gasteiger partial charge in [-0.05, 0) is 34.5 Å². The molecule has 0 saturated heterocycles. The lowest BCUT2D eigenvalue weighted by atomic mass is 10.3. The fourth-order valence-corrected chi connectivity index (χ4v) is 7.85. The minimum absolute atomic E-state index is 0.0622. The number of carboxylic acid groups (broad SMARTS) is 1. The van der Waals surface area contributed by atoms with E-state index in [1.165, 1.54) is 27.4 Å². The molecule has 3 aromatic rings. The summed E-state index contributed by atoms with van der Waals surface area (Å²) in [6.07, 6.45) is 0.0745. The van der Waals surface area contributed by atoms with E-state index in [2.05, 4.69) is 15.9 Å². The molecule has 18 heteroatoms. The summed E-state index contributed by atoms with van der Waals surface area (Å²) in [5.41, 5.74) is 0.667. The van der Waals surface area contributed by atoms with Gasteiger partial charge in [-0.25, -0.2) is 26.4 Å². The average molecular weight is 662 g/mol. The minimum Gasteiger partial charge on any atom is -0.748 e. The van der Waals surface area contributed by atoms with Crippen LogP contribution >= 0.6 is 50.2 Å². The van der Waals surface area contributed by atoms with E-state index in [4.69, 9.17) is 21.4 Å². The number of rotatable bonds is 9. The third-order valence-corrected chi connectivity index (χ3v) is 10.3. The Morgan fingerprint density at radius 2 is 2.03 bits per heavy atom. The van der Waals surface area contributed by atoms with Crippen LogP contribution in [0.4, 0.5) is 10.5 Å². The maximum absolute atomic E-state index is 12.1. The van der Waals surface area contributed by atoms with E-state index in [1.54, 1.807) is 39.3 Å². The Kier molecular flexibility index (Phi) is 7.63. The van der Waals surface area contributed by atoms with Gasteiger partial charge in [-0.15, -0.1) is 0 Å². The monoisotopic (exact) mass is 660 g/mol. The number of sulfonamides is 1. The number of aromatic nitrogens is 2. The lowest BCUT2D eigenvalue weighted by Crippen LogP contribution is -2.42. The van der Waals surface area contributed by atoms with Crippen molar-refractivity contribution in [2.24, 2.45) is 7.05 Å². The number of thiazole rings is 1. The zero-order valence-corrected chi connectivity index (χ0v) is 23.9. The third-order valence-electron chi connectivity index (χ3n) is 5.08. The molecule has 0 saturated carbocycles. The number of fused-ring (bicyclic) bond motifs is 2. The molecule has 36 heavy (non-hydrogen) atoms. The van der Waals surface area contributed by atoms with Crippen LogP contribution in [0.3, 0.4) is 0 Å². The summed E-state index contributed by atoms with van der Waals surface area (Å²) in [6.45, 7) is 0.116. The molecule has 0 bridgehead atoms. The lowest BCUT2D eigenvalue weighted by molar-refractivity contribution is -0.662. The maximum atomic E-state index is 12.1. The average Bonchev–Trinajstić information content (AvgIpc) is 3.41. The maximum Gasteiger partial charge on any atom is 0.418 e. The molecule has 3 aromatic heterocycles. The van der Waals surface area contributed by atoms with E-state index < -0.39 is 37.7 Å². The molecule has 4 rings (SSSR count). The van der Waals surface area contributed by atoms with E-state index in [0.717, 1.165) is 9.30 Å². The Morgan fingerprint density at radius 1 is 1.31 bits per heavy atom. The normalized spacial score (nSPS) is 15.0. The second kappa shape index (κ2) is 10.1. The molecule has 1 aliphatic rings. The van der Waals surface area contributed by atoms with Gasteiger partial charge in [-0.2, -0.15) is 4.57 Å².